The third-order valence-corrected chi connectivity index (χ3v) is 1.61. The first-order valence-electron chi connectivity index (χ1n) is 4.57. The van der Waals surface area contributed by atoms with Crippen LogP contribution in [0.4, 0.5) is 0 Å². The van der Waals surface area contributed by atoms with Crippen LogP contribution >= 0.6 is 0 Å². The minimum absolute atomic E-state index is 0. The quantitative estimate of drug-likeness (QED) is 0.165. The number of carboxylic acid groups (broad SMARTS) is 4. The molecule has 0 heterocycles. The van der Waals surface area contributed by atoms with Crippen LogP contribution in [-0.2, 0) is 19.2 Å². The molecule has 0 amide bonds. The summed E-state index contributed by atoms with van der Waals surface area (Å²) in [6, 6.07) is 0. The van der Waals surface area contributed by atoms with E-state index in [-0.39, 0.29) is 156 Å². The molecule has 27 heavy (non-hydrogen) atoms. The molecule has 0 aromatic rings. The average molecular weight is 477 g/mol. The van der Waals surface area contributed by atoms with Crippen molar-refractivity contribution in [3.63, 3.8) is 0 Å². The Morgan fingerprint density at radius 3 is 0.593 bits per heavy atom. The first kappa shape index (κ1) is 56.8. The fourth-order valence-electron chi connectivity index (χ4n) is 0.540. The number of aliphatic hydroxyl groups excluding tert-OH is 4. The minimum atomic E-state index is -2.27. The molecule has 0 aromatic heterocycles. The van der Waals surface area contributed by atoms with Crippen molar-refractivity contribution < 1.29 is 83.4 Å². The van der Waals surface area contributed by atoms with E-state index in [1.165, 1.54) is 0 Å². The summed E-state index contributed by atoms with van der Waals surface area (Å²) in [7, 11) is 0. The Bertz CT molecular complexity index is 329. The van der Waals surface area contributed by atoms with Gasteiger partial charge >= 0.3 is 158 Å². The normalized spacial score (nSPS) is 11.7. The summed E-state index contributed by atoms with van der Waals surface area (Å²) >= 11 is 0. The van der Waals surface area contributed by atoms with E-state index in [4.69, 9.17) is 40.9 Å². The van der Waals surface area contributed by atoms with Gasteiger partial charge < -0.3 is 62.8 Å². The van der Waals surface area contributed by atoms with Crippen LogP contribution in [-0.4, -0.2) is 243 Å². The van der Waals surface area contributed by atoms with Crippen molar-refractivity contribution in [2.75, 3.05) is 0 Å². The molecule has 19 heteroatoms. The van der Waals surface area contributed by atoms with Crippen molar-refractivity contribution in [3.8, 4) is 0 Å². The molecule has 4 unspecified atom stereocenters. The zero-order valence-electron chi connectivity index (χ0n) is 12.5. The predicted molar refractivity (Wildman–Crippen MR) is 91.6 cm³/mol. The second kappa shape index (κ2) is 30.0. The molecule has 0 aliphatic carbocycles. The van der Waals surface area contributed by atoms with Gasteiger partial charge in [0, 0.05) is 0 Å². The molecule has 0 spiro atoms. The van der Waals surface area contributed by atoms with Gasteiger partial charge in [0.05, 0.1) is 0 Å². The standard InChI is InChI=1S/2C4H6O6.2K.Na.4H2O.3H/c2*5-1(3(7)8)2(6)4(9)10;;;;;;;;;;/h2*1-2,5-6H,(H,7,8)(H,9,10);;;;4*1H2;;;/p+1. The Hall–Kier alpha value is 1.83. The Labute approximate surface area is 259 Å². The summed E-state index contributed by atoms with van der Waals surface area (Å²) in [6.07, 6.45) is -9.06. The second-order valence-electron chi connectivity index (χ2n) is 3.13. The van der Waals surface area contributed by atoms with Crippen molar-refractivity contribution in [1.29, 1.82) is 0 Å². The van der Waals surface area contributed by atoms with Crippen LogP contribution in [0.1, 0.15) is 1.43 Å². The van der Waals surface area contributed by atoms with Gasteiger partial charge in [-0.15, -0.1) is 0 Å². The first-order valence-corrected chi connectivity index (χ1v) is 4.57. The first-order chi connectivity index (χ1) is 8.93. The van der Waals surface area contributed by atoms with E-state index in [9.17, 15) is 19.2 Å². The van der Waals surface area contributed by atoms with Crippen LogP contribution in [0.15, 0.2) is 0 Å². The molecule has 0 saturated heterocycles. The van der Waals surface area contributed by atoms with Crippen molar-refractivity contribution in [1.82, 2.24) is 0 Å². The molecule has 16 N–H and O–H groups in total. The summed E-state index contributed by atoms with van der Waals surface area (Å²) in [5, 5.41) is 65.1. The Balaban J connectivity index is -0.0000000225. The van der Waals surface area contributed by atoms with Gasteiger partial charge in [0.25, 0.3) is 0 Å². The van der Waals surface area contributed by atoms with Crippen LogP contribution in [0.2, 0.25) is 0 Å². The van der Waals surface area contributed by atoms with E-state index in [0.29, 0.717) is 0 Å². The molecule has 154 valence electrons. The van der Waals surface area contributed by atoms with E-state index in [0.717, 1.165) is 0 Å². The van der Waals surface area contributed by atoms with E-state index in [1.54, 1.807) is 0 Å². The molecule has 0 radical (unpaired) electrons. The van der Waals surface area contributed by atoms with Gasteiger partial charge in [0.2, 0.25) is 0 Å². The molecule has 0 bridgehead atoms. The van der Waals surface area contributed by atoms with Gasteiger partial charge in [0.1, 0.15) is 0 Å². The number of aliphatic hydroxyl groups is 4. The van der Waals surface area contributed by atoms with Gasteiger partial charge in [-0.3, -0.25) is 0 Å². The van der Waals surface area contributed by atoms with Crippen molar-refractivity contribution in [2.45, 2.75) is 24.4 Å². The number of carboxylic acids is 4. The summed E-state index contributed by atoms with van der Waals surface area (Å²) in [6.45, 7) is 0. The monoisotopic (exact) mass is 477 g/mol. The molecular weight excluding hydrogens is 453 g/mol. The average Bonchev–Trinajstić information content (AvgIpc) is 2.35. The summed E-state index contributed by atoms with van der Waals surface area (Å²) < 4.78 is 0. The van der Waals surface area contributed by atoms with Crippen molar-refractivity contribution in [2.24, 2.45) is 0 Å². The van der Waals surface area contributed by atoms with Gasteiger partial charge in [-0.1, -0.05) is 0 Å². The summed E-state index contributed by atoms with van der Waals surface area (Å²) in [5.41, 5.74) is 0. The Kier molecular flexibility index (Phi) is 63.2. The Morgan fingerprint density at radius 2 is 0.556 bits per heavy atom. The number of aliphatic carboxylic acids is 4. The summed E-state index contributed by atoms with van der Waals surface area (Å²) in [5.74, 6) is -7.07. The number of hydrogen-bond acceptors (Lipinski definition) is 8. The molecule has 0 saturated carbocycles. The maximum absolute atomic E-state index is 9.77. The van der Waals surface area contributed by atoms with Crippen LogP contribution in [0.3, 0.4) is 0 Å². The van der Waals surface area contributed by atoms with Gasteiger partial charge in [0.15, 0.2) is 24.4 Å². The molecule has 0 fully saturated rings. The predicted octanol–water partition coefficient (Wildman–Crippen LogP) is -9.38. The Morgan fingerprint density at radius 1 is 0.481 bits per heavy atom. The SMILES string of the molecule is O.O.O.O.O=C(O)C(O)C(O)C(=O)O.O=C(O)C(O)C(O)C(=O)O.[H+].[KH].[KH].[NaH]. The molecule has 0 aromatic carbocycles. The van der Waals surface area contributed by atoms with Gasteiger partial charge in [-0.05, 0) is 0 Å². The molecule has 0 rings (SSSR count). The molecular formula is C8H24K2NaO16+. The van der Waals surface area contributed by atoms with Crippen molar-refractivity contribution >= 4 is 156 Å². The number of carbonyl (C=O) groups is 4. The topological polar surface area (TPSA) is 356 Å². The van der Waals surface area contributed by atoms with E-state index in [2.05, 4.69) is 0 Å². The third kappa shape index (κ3) is 27.8. The molecule has 16 nitrogen and oxygen atoms in total. The van der Waals surface area contributed by atoms with E-state index in [1.807, 2.05) is 0 Å². The maximum atomic E-state index is 9.77. The number of hydrogen-bond donors (Lipinski definition) is 8. The van der Waals surface area contributed by atoms with Crippen LogP contribution in [0.25, 0.3) is 0 Å². The zero-order chi connectivity index (χ0) is 16.6. The van der Waals surface area contributed by atoms with Crippen LogP contribution < -0.4 is 0 Å². The number of rotatable bonds is 6. The van der Waals surface area contributed by atoms with E-state index >= 15 is 0 Å². The van der Waals surface area contributed by atoms with Gasteiger partial charge in [-0.25, -0.2) is 19.2 Å². The van der Waals surface area contributed by atoms with E-state index < -0.39 is 48.3 Å². The second-order valence-corrected chi connectivity index (χ2v) is 3.13. The molecule has 4 atom stereocenters. The van der Waals surface area contributed by atoms with Crippen molar-refractivity contribution in [3.05, 3.63) is 0 Å². The third-order valence-electron chi connectivity index (χ3n) is 1.61. The fraction of sp³-hybridized carbons (Fsp3) is 0.500. The van der Waals surface area contributed by atoms with Crippen LogP contribution in [0.5, 0.6) is 0 Å². The summed E-state index contributed by atoms with van der Waals surface area (Å²) in [4.78, 5) is 39.1. The molecule has 0 aliphatic rings. The molecule has 0 aliphatic heterocycles. The zero-order valence-corrected chi connectivity index (χ0v) is 11.5. The fourth-order valence-corrected chi connectivity index (χ4v) is 0.540. The van der Waals surface area contributed by atoms with Gasteiger partial charge in [-0.2, -0.15) is 0 Å². The van der Waals surface area contributed by atoms with Crippen LogP contribution in [0, 0.1) is 0 Å².